The summed E-state index contributed by atoms with van der Waals surface area (Å²) in [5, 5.41) is 0.0503. The minimum atomic E-state index is -3.70. The quantitative estimate of drug-likeness (QED) is 0.840. The van der Waals surface area contributed by atoms with Crippen molar-refractivity contribution >= 4 is 21.6 Å². The van der Waals surface area contributed by atoms with Crippen LogP contribution in [0, 0.1) is 0 Å². The van der Waals surface area contributed by atoms with E-state index in [1.165, 1.54) is 15.2 Å². The molecule has 6 nitrogen and oxygen atoms in total. The lowest BCUT2D eigenvalue weighted by molar-refractivity contribution is 0.396. The largest absolute Gasteiger partial charge is 0.324 e. The highest BCUT2D eigenvalue weighted by Crippen LogP contribution is 2.34. The molecule has 0 radical (unpaired) electrons. The highest BCUT2D eigenvalue weighted by Gasteiger charge is 2.40. The van der Waals surface area contributed by atoms with Gasteiger partial charge in [0.2, 0.25) is 5.03 Å². The standard InChI is InChI=1S/C13H15ClN4O2S/c1-17-9-16-13(12(17)14)21(19,20)18(11-4-5-11)8-10-3-2-6-15-7-10/h2-3,6-7,9,11H,4-5,8H2,1H3. The molecule has 21 heavy (non-hydrogen) atoms. The van der Waals surface area contributed by atoms with E-state index in [0.717, 1.165) is 18.4 Å². The van der Waals surface area contributed by atoms with E-state index in [-0.39, 0.29) is 22.8 Å². The first-order valence-electron chi connectivity index (χ1n) is 6.57. The Kier molecular flexibility index (Phi) is 3.73. The molecular formula is C13H15ClN4O2S. The second-order valence-corrected chi connectivity index (χ2v) is 7.26. The number of halogens is 1. The molecule has 2 aromatic rings. The van der Waals surface area contributed by atoms with Gasteiger partial charge in [0.05, 0.1) is 6.33 Å². The summed E-state index contributed by atoms with van der Waals surface area (Å²) in [6.07, 6.45) is 6.47. The van der Waals surface area contributed by atoms with Gasteiger partial charge in [0.15, 0.2) is 0 Å². The lowest BCUT2D eigenvalue weighted by atomic mass is 10.3. The van der Waals surface area contributed by atoms with Crippen LogP contribution in [0.5, 0.6) is 0 Å². The van der Waals surface area contributed by atoms with Crippen molar-refractivity contribution in [3.8, 4) is 0 Å². The van der Waals surface area contributed by atoms with Crippen molar-refractivity contribution in [3.05, 3.63) is 41.6 Å². The zero-order valence-corrected chi connectivity index (χ0v) is 13.0. The number of sulfonamides is 1. The maximum atomic E-state index is 12.8. The molecule has 8 heteroatoms. The highest BCUT2D eigenvalue weighted by molar-refractivity contribution is 7.89. The summed E-state index contributed by atoms with van der Waals surface area (Å²) in [7, 11) is -2.04. The smallest absolute Gasteiger partial charge is 0.264 e. The monoisotopic (exact) mass is 326 g/mol. The zero-order valence-electron chi connectivity index (χ0n) is 11.5. The predicted molar refractivity (Wildman–Crippen MR) is 78.2 cm³/mol. The molecule has 0 atom stereocenters. The number of pyridine rings is 1. The van der Waals surface area contributed by atoms with Crippen molar-refractivity contribution < 1.29 is 8.42 Å². The van der Waals surface area contributed by atoms with Crippen LogP contribution in [-0.4, -0.2) is 33.3 Å². The predicted octanol–water partition coefficient (Wildman–Crippen LogP) is 1.82. The number of hydrogen-bond acceptors (Lipinski definition) is 4. The van der Waals surface area contributed by atoms with Gasteiger partial charge in [-0.1, -0.05) is 17.7 Å². The Balaban J connectivity index is 1.95. The molecule has 0 aromatic carbocycles. The fourth-order valence-electron chi connectivity index (χ4n) is 2.12. The van der Waals surface area contributed by atoms with Gasteiger partial charge in [-0.15, -0.1) is 0 Å². The molecule has 1 aliphatic rings. The zero-order chi connectivity index (χ0) is 15.0. The van der Waals surface area contributed by atoms with Crippen LogP contribution in [0.15, 0.2) is 35.9 Å². The van der Waals surface area contributed by atoms with Crippen molar-refractivity contribution in [1.82, 2.24) is 18.8 Å². The van der Waals surface area contributed by atoms with Crippen molar-refractivity contribution in [2.45, 2.75) is 30.5 Å². The first-order valence-corrected chi connectivity index (χ1v) is 8.39. The van der Waals surface area contributed by atoms with Crippen LogP contribution in [0.3, 0.4) is 0 Å². The highest BCUT2D eigenvalue weighted by atomic mass is 35.5. The molecule has 0 spiro atoms. The van der Waals surface area contributed by atoms with E-state index in [9.17, 15) is 8.42 Å². The fraction of sp³-hybridized carbons (Fsp3) is 0.385. The van der Waals surface area contributed by atoms with Gasteiger partial charge >= 0.3 is 0 Å². The van der Waals surface area contributed by atoms with E-state index < -0.39 is 10.0 Å². The molecule has 0 bridgehead atoms. The van der Waals surface area contributed by atoms with Crippen LogP contribution in [0.25, 0.3) is 0 Å². The maximum absolute atomic E-state index is 12.8. The summed E-state index contributed by atoms with van der Waals surface area (Å²) in [6, 6.07) is 3.67. The van der Waals surface area contributed by atoms with Crippen LogP contribution in [0.4, 0.5) is 0 Å². The van der Waals surface area contributed by atoms with Gasteiger partial charge in [0, 0.05) is 32.0 Å². The van der Waals surface area contributed by atoms with E-state index in [1.54, 1.807) is 25.5 Å². The van der Waals surface area contributed by atoms with E-state index in [0.29, 0.717) is 0 Å². The van der Waals surface area contributed by atoms with Crippen LogP contribution >= 0.6 is 11.6 Å². The van der Waals surface area contributed by atoms with Gasteiger partial charge in [-0.3, -0.25) is 4.98 Å². The van der Waals surface area contributed by atoms with Gasteiger partial charge in [-0.05, 0) is 24.5 Å². The summed E-state index contributed by atoms with van der Waals surface area (Å²) < 4.78 is 28.6. The lowest BCUT2D eigenvalue weighted by Gasteiger charge is -2.20. The van der Waals surface area contributed by atoms with Gasteiger partial charge in [-0.2, -0.15) is 4.31 Å². The normalized spacial score (nSPS) is 15.6. The van der Waals surface area contributed by atoms with Crippen molar-refractivity contribution in [2.24, 2.45) is 7.05 Å². The molecule has 0 N–H and O–H groups in total. The number of rotatable bonds is 5. The summed E-state index contributed by atoms with van der Waals surface area (Å²) in [4.78, 5) is 7.97. The Morgan fingerprint density at radius 3 is 2.76 bits per heavy atom. The molecule has 2 heterocycles. The third kappa shape index (κ3) is 2.81. The number of aryl methyl sites for hydroxylation is 1. The Morgan fingerprint density at radius 2 is 2.24 bits per heavy atom. The Hall–Kier alpha value is -1.44. The first kappa shape index (κ1) is 14.5. The van der Waals surface area contributed by atoms with Gasteiger partial charge in [0.1, 0.15) is 5.15 Å². The van der Waals surface area contributed by atoms with E-state index in [4.69, 9.17) is 11.6 Å². The van der Waals surface area contributed by atoms with Crippen LogP contribution in [0.1, 0.15) is 18.4 Å². The third-order valence-electron chi connectivity index (χ3n) is 3.40. The average molecular weight is 327 g/mol. The number of aromatic nitrogens is 3. The van der Waals surface area contributed by atoms with E-state index >= 15 is 0 Å². The number of hydrogen-bond donors (Lipinski definition) is 0. The molecule has 0 aliphatic heterocycles. The summed E-state index contributed by atoms with van der Waals surface area (Å²) >= 11 is 6.05. The fourth-order valence-corrected chi connectivity index (χ4v) is 4.19. The van der Waals surface area contributed by atoms with Crippen LogP contribution in [-0.2, 0) is 23.6 Å². The van der Waals surface area contributed by atoms with Crippen molar-refractivity contribution in [2.75, 3.05) is 0 Å². The minimum Gasteiger partial charge on any atom is -0.324 e. The van der Waals surface area contributed by atoms with E-state index in [1.807, 2.05) is 6.07 Å². The third-order valence-corrected chi connectivity index (χ3v) is 5.79. The summed E-state index contributed by atoms with van der Waals surface area (Å²) in [6.45, 7) is 0.285. The second-order valence-electron chi connectivity index (χ2n) is 5.09. The topological polar surface area (TPSA) is 68.1 Å². The van der Waals surface area contributed by atoms with Crippen LogP contribution < -0.4 is 0 Å². The number of imidazole rings is 1. The lowest BCUT2D eigenvalue weighted by Crippen LogP contribution is -2.33. The van der Waals surface area contributed by atoms with E-state index in [2.05, 4.69) is 9.97 Å². The molecule has 3 rings (SSSR count). The Morgan fingerprint density at radius 1 is 1.48 bits per heavy atom. The molecule has 1 aliphatic carbocycles. The van der Waals surface area contributed by atoms with Crippen molar-refractivity contribution in [1.29, 1.82) is 0 Å². The average Bonchev–Trinajstić information content (AvgIpc) is 3.24. The Labute approximate surface area is 128 Å². The van der Waals surface area contributed by atoms with Crippen molar-refractivity contribution in [3.63, 3.8) is 0 Å². The molecule has 0 amide bonds. The SMILES string of the molecule is Cn1cnc(S(=O)(=O)N(Cc2cccnc2)C2CC2)c1Cl. The molecule has 1 saturated carbocycles. The van der Waals surface area contributed by atoms with Gasteiger partial charge < -0.3 is 4.57 Å². The Bertz CT molecular complexity index is 741. The number of nitrogens with zero attached hydrogens (tertiary/aromatic N) is 4. The summed E-state index contributed by atoms with van der Waals surface area (Å²) in [5.41, 5.74) is 0.847. The summed E-state index contributed by atoms with van der Waals surface area (Å²) in [5.74, 6) is 0. The second kappa shape index (κ2) is 5.40. The van der Waals surface area contributed by atoms with Crippen LogP contribution in [0.2, 0.25) is 5.15 Å². The first-order chi connectivity index (χ1) is 10.00. The molecule has 2 aromatic heterocycles. The molecule has 0 unspecified atom stereocenters. The van der Waals surface area contributed by atoms with Gasteiger partial charge in [0.25, 0.3) is 10.0 Å². The molecule has 112 valence electrons. The molecule has 1 fully saturated rings. The molecule has 0 saturated heterocycles. The minimum absolute atomic E-state index is 0.0216. The maximum Gasteiger partial charge on any atom is 0.264 e. The molecular weight excluding hydrogens is 312 g/mol. The van der Waals surface area contributed by atoms with Gasteiger partial charge in [-0.25, -0.2) is 13.4 Å².